The molecule has 2 N–H and O–H groups in total. The Morgan fingerprint density at radius 3 is 3.06 bits per heavy atom. The van der Waals surface area contributed by atoms with Crippen molar-refractivity contribution in [2.45, 2.75) is 6.92 Å². The number of rotatable bonds is 2. The predicted octanol–water partition coefficient (Wildman–Crippen LogP) is 1.84. The van der Waals surface area contributed by atoms with Crippen LogP contribution in [-0.2, 0) is 0 Å². The van der Waals surface area contributed by atoms with Crippen LogP contribution in [0.1, 0.15) is 21.6 Å². The number of anilines is 1. The fraction of sp³-hybridized carbons (Fsp3) is 0.0833. The van der Waals surface area contributed by atoms with Gasteiger partial charge in [-0.25, -0.2) is 4.98 Å². The van der Waals surface area contributed by atoms with Gasteiger partial charge in [0.15, 0.2) is 11.5 Å². The third-order valence-corrected chi connectivity index (χ3v) is 2.26. The maximum absolute atomic E-state index is 11.9. The number of nitrogens with zero attached hydrogens (tertiary/aromatic N) is 2. The van der Waals surface area contributed by atoms with Crippen LogP contribution < -0.4 is 5.32 Å². The van der Waals surface area contributed by atoms with Crippen LogP contribution in [0.15, 0.2) is 30.6 Å². The number of hydrogen-bond acceptors (Lipinski definition) is 3. The van der Waals surface area contributed by atoms with E-state index in [1.807, 2.05) is 19.1 Å². The van der Waals surface area contributed by atoms with Crippen molar-refractivity contribution >= 4 is 11.7 Å². The number of H-pyrrole nitrogens is 1. The molecule has 0 unspecified atom stereocenters. The van der Waals surface area contributed by atoms with E-state index in [1.165, 1.54) is 6.33 Å². The quantitative estimate of drug-likeness (QED) is 0.819. The van der Waals surface area contributed by atoms with E-state index in [4.69, 9.17) is 5.26 Å². The van der Waals surface area contributed by atoms with Gasteiger partial charge in [0.05, 0.1) is 6.33 Å². The highest BCUT2D eigenvalue weighted by Crippen LogP contribution is 2.11. The molecule has 1 heterocycles. The molecule has 17 heavy (non-hydrogen) atoms. The zero-order valence-corrected chi connectivity index (χ0v) is 9.19. The van der Waals surface area contributed by atoms with Crippen LogP contribution in [0.5, 0.6) is 0 Å². The number of carbonyl (C=O) groups is 1. The summed E-state index contributed by atoms with van der Waals surface area (Å²) in [6, 6.07) is 9.11. The van der Waals surface area contributed by atoms with Gasteiger partial charge in [-0.2, -0.15) is 5.26 Å². The molecule has 0 aliphatic carbocycles. The molecule has 0 aliphatic heterocycles. The van der Waals surface area contributed by atoms with Crippen molar-refractivity contribution in [2.75, 3.05) is 5.32 Å². The molecule has 1 aromatic carbocycles. The van der Waals surface area contributed by atoms with Gasteiger partial charge in [-0.15, -0.1) is 0 Å². The Morgan fingerprint density at radius 2 is 2.35 bits per heavy atom. The van der Waals surface area contributed by atoms with Crippen molar-refractivity contribution in [3.05, 3.63) is 47.4 Å². The number of hydrogen-bond donors (Lipinski definition) is 2. The van der Waals surface area contributed by atoms with Crippen molar-refractivity contribution < 1.29 is 4.79 Å². The third-order valence-electron chi connectivity index (χ3n) is 2.26. The number of benzene rings is 1. The van der Waals surface area contributed by atoms with E-state index < -0.39 is 0 Å². The summed E-state index contributed by atoms with van der Waals surface area (Å²) in [4.78, 5) is 18.4. The Hall–Kier alpha value is -2.61. The first-order valence-electron chi connectivity index (χ1n) is 5.02. The Morgan fingerprint density at radius 1 is 1.53 bits per heavy atom. The molecule has 0 aliphatic rings. The predicted molar refractivity (Wildman–Crippen MR) is 62.4 cm³/mol. The molecule has 0 fully saturated rings. The molecule has 0 radical (unpaired) electrons. The van der Waals surface area contributed by atoms with Gasteiger partial charge in [-0.05, 0) is 19.1 Å². The minimum atomic E-state index is -0.280. The van der Waals surface area contributed by atoms with Crippen LogP contribution in [0.3, 0.4) is 0 Å². The number of aryl methyl sites for hydroxylation is 1. The summed E-state index contributed by atoms with van der Waals surface area (Å²) in [6.07, 6.45) is 1.37. The molecule has 0 atom stereocenters. The minimum absolute atomic E-state index is 0.242. The molecule has 84 valence electrons. The maximum atomic E-state index is 11.9. The van der Waals surface area contributed by atoms with Crippen molar-refractivity contribution in [2.24, 2.45) is 0 Å². The Bertz CT molecular complexity index is 595. The summed E-state index contributed by atoms with van der Waals surface area (Å²) >= 11 is 0. The van der Waals surface area contributed by atoms with E-state index in [0.717, 1.165) is 5.56 Å². The zero-order valence-electron chi connectivity index (χ0n) is 9.19. The monoisotopic (exact) mass is 226 g/mol. The summed E-state index contributed by atoms with van der Waals surface area (Å²) in [5.41, 5.74) is 1.78. The summed E-state index contributed by atoms with van der Waals surface area (Å²) in [5.74, 6) is -0.0312. The second-order valence-corrected chi connectivity index (χ2v) is 3.56. The van der Waals surface area contributed by atoms with E-state index in [9.17, 15) is 4.79 Å². The molecule has 5 nitrogen and oxygen atoms in total. The fourth-order valence-electron chi connectivity index (χ4n) is 1.44. The number of nitrogens with one attached hydrogen (secondary N) is 2. The van der Waals surface area contributed by atoms with Gasteiger partial charge >= 0.3 is 0 Å². The van der Waals surface area contributed by atoms with Crippen molar-refractivity contribution in [1.29, 1.82) is 5.26 Å². The van der Waals surface area contributed by atoms with Crippen LogP contribution >= 0.6 is 0 Å². The molecule has 0 spiro atoms. The van der Waals surface area contributed by atoms with Crippen LogP contribution in [-0.4, -0.2) is 15.9 Å². The van der Waals surface area contributed by atoms with Gasteiger partial charge in [0, 0.05) is 5.56 Å². The first kappa shape index (κ1) is 10.9. The number of aromatic amines is 1. The highest BCUT2D eigenvalue weighted by atomic mass is 16.1. The molecular weight excluding hydrogens is 216 g/mol. The van der Waals surface area contributed by atoms with E-state index in [0.29, 0.717) is 5.56 Å². The lowest BCUT2D eigenvalue weighted by Crippen LogP contribution is -2.13. The second kappa shape index (κ2) is 4.49. The molecule has 0 saturated heterocycles. The first-order valence-corrected chi connectivity index (χ1v) is 5.02. The lowest BCUT2D eigenvalue weighted by molar-refractivity contribution is 0.102. The van der Waals surface area contributed by atoms with Crippen molar-refractivity contribution in [3.63, 3.8) is 0 Å². The molecule has 2 rings (SSSR count). The van der Waals surface area contributed by atoms with E-state index >= 15 is 0 Å². The average molecular weight is 226 g/mol. The van der Waals surface area contributed by atoms with Crippen molar-refractivity contribution in [1.82, 2.24) is 9.97 Å². The lowest BCUT2D eigenvalue weighted by atomic mass is 10.1. The highest BCUT2D eigenvalue weighted by molar-refractivity contribution is 6.04. The van der Waals surface area contributed by atoms with Gasteiger partial charge in [0.1, 0.15) is 6.07 Å². The van der Waals surface area contributed by atoms with E-state index in [2.05, 4.69) is 15.3 Å². The normalized spacial score (nSPS) is 9.65. The van der Waals surface area contributed by atoms with E-state index in [1.54, 1.807) is 18.2 Å². The lowest BCUT2D eigenvalue weighted by Gasteiger charge is -2.03. The van der Waals surface area contributed by atoms with Crippen LogP contribution in [0.4, 0.5) is 5.82 Å². The molecule has 0 saturated carbocycles. The van der Waals surface area contributed by atoms with Gasteiger partial charge in [-0.3, -0.25) is 4.79 Å². The average Bonchev–Trinajstić information content (AvgIpc) is 2.76. The van der Waals surface area contributed by atoms with Crippen molar-refractivity contribution in [3.8, 4) is 6.07 Å². The number of nitriles is 1. The van der Waals surface area contributed by atoms with Crippen LogP contribution in [0.2, 0.25) is 0 Å². The number of amides is 1. The Labute approximate surface area is 98.1 Å². The third kappa shape index (κ3) is 2.32. The van der Waals surface area contributed by atoms with Gasteiger partial charge in [0.2, 0.25) is 0 Å². The molecule has 0 bridgehead atoms. The van der Waals surface area contributed by atoms with Gasteiger partial charge < -0.3 is 10.3 Å². The van der Waals surface area contributed by atoms with Crippen LogP contribution in [0, 0.1) is 18.3 Å². The first-order chi connectivity index (χ1) is 8.20. The summed E-state index contributed by atoms with van der Waals surface area (Å²) in [6.45, 7) is 1.91. The summed E-state index contributed by atoms with van der Waals surface area (Å²) < 4.78 is 0. The molecule has 2 aromatic rings. The molecule has 1 amide bonds. The topological polar surface area (TPSA) is 81.6 Å². The Kier molecular flexibility index (Phi) is 2.88. The zero-order chi connectivity index (χ0) is 12.3. The highest BCUT2D eigenvalue weighted by Gasteiger charge is 2.10. The minimum Gasteiger partial charge on any atom is -0.335 e. The number of aromatic nitrogens is 2. The SMILES string of the molecule is Cc1cccc(C(=O)Nc2nc[nH]c2C#N)c1. The number of carbonyl (C=O) groups excluding carboxylic acids is 1. The largest absolute Gasteiger partial charge is 0.335 e. The number of imidazole rings is 1. The second-order valence-electron chi connectivity index (χ2n) is 3.56. The summed E-state index contributed by atoms with van der Waals surface area (Å²) in [5, 5.41) is 11.3. The standard InChI is InChI=1S/C12H10N4O/c1-8-3-2-4-9(5-8)12(17)16-11-10(6-13)14-7-15-11/h2-5,7H,1H3,(H,14,15)(H,16,17). The molecule has 1 aromatic heterocycles. The Balaban J connectivity index is 2.21. The molecule has 5 heteroatoms. The van der Waals surface area contributed by atoms with Crippen LogP contribution in [0.25, 0.3) is 0 Å². The van der Waals surface area contributed by atoms with Gasteiger partial charge in [-0.1, -0.05) is 17.7 Å². The molecular formula is C12H10N4O. The smallest absolute Gasteiger partial charge is 0.256 e. The fourth-order valence-corrected chi connectivity index (χ4v) is 1.44. The van der Waals surface area contributed by atoms with E-state index in [-0.39, 0.29) is 17.4 Å². The van der Waals surface area contributed by atoms with Gasteiger partial charge in [0.25, 0.3) is 5.91 Å². The summed E-state index contributed by atoms with van der Waals surface area (Å²) in [7, 11) is 0. The maximum Gasteiger partial charge on any atom is 0.256 e.